The quantitative estimate of drug-likeness (QED) is 0.463. The van der Waals surface area contributed by atoms with Crippen LogP contribution in [-0.4, -0.2) is 33.3 Å². The average molecular weight is 359 g/mol. The fourth-order valence-electron chi connectivity index (χ4n) is 1.64. The molecule has 2 N–H and O–H groups in total. The Morgan fingerprint density at radius 3 is 2.32 bits per heavy atom. The van der Waals surface area contributed by atoms with E-state index in [1.165, 1.54) is 6.92 Å². The first-order valence-electron chi connectivity index (χ1n) is 6.82. The van der Waals surface area contributed by atoms with E-state index >= 15 is 0 Å². The molecule has 0 aliphatic rings. The molecule has 0 radical (unpaired) electrons. The third-order valence-corrected chi connectivity index (χ3v) is 4.73. The lowest BCUT2D eigenvalue weighted by molar-refractivity contribution is -0.112. The van der Waals surface area contributed by atoms with Gasteiger partial charge in [0.05, 0.1) is 0 Å². The Bertz CT molecular complexity index is 565. The molecule has 0 saturated heterocycles. The smallest absolute Gasteiger partial charge is 0.265 e. The number of carbonyl (C=O) groups is 1. The number of anilines is 1. The zero-order valence-electron chi connectivity index (χ0n) is 12.7. The molecule has 0 heterocycles. The number of carbonyl (C=O) groups excluding carboxylic acids is 1. The molecule has 0 spiro atoms. The van der Waals surface area contributed by atoms with Crippen LogP contribution in [0.1, 0.15) is 20.8 Å². The zero-order chi connectivity index (χ0) is 16.7. The van der Waals surface area contributed by atoms with E-state index < -0.39 is 5.91 Å². The maximum Gasteiger partial charge on any atom is 0.265 e. The molecule has 22 heavy (non-hydrogen) atoms. The van der Waals surface area contributed by atoms with Crippen LogP contribution in [0, 0.1) is 0 Å². The summed E-state index contributed by atoms with van der Waals surface area (Å²) in [5.41, 5.74) is 0.600. The number of nitrogens with one attached hydrogen (secondary N) is 1. The largest absolute Gasteiger partial charge is 0.511 e. The van der Waals surface area contributed by atoms with Gasteiger partial charge in [0.25, 0.3) is 5.91 Å². The minimum Gasteiger partial charge on any atom is -0.511 e. The second-order valence-electron chi connectivity index (χ2n) is 4.42. The van der Waals surface area contributed by atoms with Crippen molar-refractivity contribution in [2.24, 2.45) is 0 Å². The standard InChI is InChI=1S/C15H19ClN2O2S2/c1-4-18(5-2)15(21)22-13(10(3)19)14(20)17-12-8-6-11(16)7-9-12/h6-9,19H,4-5H2,1-3H3,(H,17,20)/b13-10+. The van der Waals surface area contributed by atoms with Gasteiger partial charge in [0, 0.05) is 23.8 Å². The number of hydrogen-bond donors (Lipinski definition) is 2. The van der Waals surface area contributed by atoms with Crippen LogP contribution in [0.4, 0.5) is 5.69 Å². The van der Waals surface area contributed by atoms with E-state index in [-0.39, 0.29) is 10.7 Å². The van der Waals surface area contributed by atoms with Crippen LogP contribution in [0.2, 0.25) is 5.02 Å². The lowest BCUT2D eigenvalue weighted by atomic mass is 10.3. The van der Waals surface area contributed by atoms with Gasteiger partial charge in [-0.2, -0.15) is 0 Å². The van der Waals surface area contributed by atoms with E-state index in [2.05, 4.69) is 5.32 Å². The lowest BCUT2D eigenvalue weighted by Crippen LogP contribution is -2.28. The van der Waals surface area contributed by atoms with E-state index in [9.17, 15) is 9.90 Å². The van der Waals surface area contributed by atoms with Gasteiger partial charge in [-0.3, -0.25) is 4.79 Å². The molecule has 0 atom stereocenters. The molecule has 0 aromatic heterocycles. The molecule has 1 aromatic carbocycles. The van der Waals surface area contributed by atoms with Gasteiger partial charge in [-0.05, 0) is 45.0 Å². The number of halogens is 1. The van der Waals surface area contributed by atoms with E-state index in [0.29, 0.717) is 15.0 Å². The van der Waals surface area contributed by atoms with Gasteiger partial charge in [0.2, 0.25) is 0 Å². The fraction of sp³-hybridized carbons (Fsp3) is 0.333. The van der Waals surface area contributed by atoms with Gasteiger partial charge in [0.15, 0.2) is 0 Å². The Labute approximate surface area is 145 Å². The SMILES string of the molecule is CCN(CC)C(=S)S/C(C(=O)Nc1ccc(Cl)cc1)=C(\C)O. The number of allylic oxidation sites excluding steroid dienone is 1. The molecule has 0 saturated carbocycles. The Kier molecular flexibility index (Phi) is 7.72. The summed E-state index contributed by atoms with van der Waals surface area (Å²) >= 11 is 12.2. The summed E-state index contributed by atoms with van der Waals surface area (Å²) in [6, 6.07) is 6.75. The number of aliphatic hydroxyl groups excluding tert-OH is 1. The third-order valence-electron chi connectivity index (χ3n) is 2.85. The molecule has 0 fully saturated rings. The average Bonchev–Trinajstić information content (AvgIpc) is 2.48. The highest BCUT2D eigenvalue weighted by Gasteiger charge is 2.18. The molecule has 120 valence electrons. The predicted molar refractivity (Wildman–Crippen MR) is 98.5 cm³/mol. The van der Waals surface area contributed by atoms with Crippen molar-refractivity contribution in [1.82, 2.24) is 4.90 Å². The van der Waals surface area contributed by atoms with E-state index in [1.807, 2.05) is 18.7 Å². The van der Waals surface area contributed by atoms with E-state index in [0.717, 1.165) is 24.9 Å². The van der Waals surface area contributed by atoms with Crippen molar-refractivity contribution in [2.75, 3.05) is 18.4 Å². The van der Waals surface area contributed by atoms with Crippen LogP contribution < -0.4 is 5.32 Å². The van der Waals surface area contributed by atoms with Crippen molar-refractivity contribution in [2.45, 2.75) is 20.8 Å². The maximum atomic E-state index is 12.3. The molecule has 0 aliphatic carbocycles. The highest BCUT2D eigenvalue weighted by atomic mass is 35.5. The highest BCUT2D eigenvalue weighted by Crippen LogP contribution is 2.25. The second-order valence-corrected chi connectivity index (χ2v) is 6.50. The molecule has 1 amide bonds. The van der Waals surface area contributed by atoms with Crippen molar-refractivity contribution in [3.63, 3.8) is 0 Å². The van der Waals surface area contributed by atoms with Crippen molar-refractivity contribution in [3.05, 3.63) is 40.0 Å². The summed E-state index contributed by atoms with van der Waals surface area (Å²) in [6.45, 7) is 6.94. The Morgan fingerprint density at radius 2 is 1.86 bits per heavy atom. The molecular weight excluding hydrogens is 340 g/mol. The molecule has 0 aliphatic heterocycles. The summed E-state index contributed by atoms with van der Waals surface area (Å²) in [5, 5.41) is 13.1. The predicted octanol–water partition coefficient (Wildman–Crippen LogP) is 4.43. The zero-order valence-corrected chi connectivity index (χ0v) is 15.1. The number of thiocarbonyl (C=S) groups is 1. The van der Waals surface area contributed by atoms with Gasteiger partial charge in [-0.1, -0.05) is 35.6 Å². The number of amides is 1. The van der Waals surface area contributed by atoms with Crippen LogP contribution in [0.5, 0.6) is 0 Å². The summed E-state index contributed by atoms with van der Waals surface area (Å²) in [7, 11) is 0. The lowest BCUT2D eigenvalue weighted by Gasteiger charge is -2.21. The number of thioether (sulfide) groups is 1. The summed E-state index contributed by atoms with van der Waals surface area (Å²) in [5.74, 6) is -0.465. The van der Waals surface area contributed by atoms with Gasteiger partial charge in [-0.15, -0.1) is 0 Å². The first kappa shape index (κ1) is 18.8. The Hall–Kier alpha value is -1.24. The Morgan fingerprint density at radius 1 is 1.32 bits per heavy atom. The molecular formula is C15H19ClN2O2S2. The van der Waals surface area contributed by atoms with Crippen molar-refractivity contribution < 1.29 is 9.90 Å². The molecule has 0 unspecified atom stereocenters. The third kappa shape index (κ3) is 5.51. The maximum absolute atomic E-state index is 12.3. The van der Waals surface area contributed by atoms with Crippen LogP contribution in [0.3, 0.4) is 0 Å². The van der Waals surface area contributed by atoms with Gasteiger partial charge < -0.3 is 15.3 Å². The van der Waals surface area contributed by atoms with Gasteiger partial charge in [-0.25, -0.2) is 0 Å². The number of hydrogen-bond acceptors (Lipinski definition) is 4. The van der Waals surface area contributed by atoms with E-state index in [4.69, 9.17) is 23.8 Å². The van der Waals surface area contributed by atoms with E-state index in [1.54, 1.807) is 24.3 Å². The van der Waals surface area contributed by atoms with Crippen LogP contribution in [-0.2, 0) is 4.79 Å². The first-order chi connectivity index (χ1) is 10.4. The van der Waals surface area contributed by atoms with Gasteiger partial charge in [0.1, 0.15) is 15.0 Å². The van der Waals surface area contributed by atoms with Crippen molar-refractivity contribution in [1.29, 1.82) is 0 Å². The number of aliphatic hydroxyl groups is 1. The monoisotopic (exact) mass is 358 g/mol. The second kappa shape index (κ2) is 9.02. The summed E-state index contributed by atoms with van der Waals surface area (Å²) in [6.07, 6.45) is 0. The van der Waals surface area contributed by atoms with Crippen LogP contribution in [0.25, 0.3) is 0 Å². The minimum atomic E-state index is -0.401. The fourth-order valence-corrected chi connectivity index (χ4v) is 3.13. The molecule has 7 heteroatoms. The number of rotatable bonds is 5. The topological polar surface area (TPSA) is 52.6 Å². The van der Waals surface area contributed by atoms with Gasteiger partial charge >= 0.3 is 0 Å². The summed E-state index contributed by atoms with van der Waals surface area (Å²) in [4.78, 5) is 14.4. The molecule has 1 rings (SSSR count). The molecule has 1 aromatic rings. The molecule has 4 nitrogen and oxygen atoms in total. The summed E-state index contributed by atoms with van der Waals surface area (Å²) < 4.78 is 0.555. The number of benzene rings is 1. The van der Waals surface area contributed by atoms with Crippen LogP contribution >= 0.6 is 35.6 Å². The van der Waals surface area contributed by atoms with Crippen molar-refractivity contribution >= 4 is 51.5 Å². The molecule has 0 bridgehead atoms. The van der Waals surface area contributed by atoms with Crippen LogP contribution in [0.15, 0.2) is 34.9 Å². The minimum absolute atomic E-state index is 0.0639. The highest BCUT2D eigenvalue weighted by molar-refractivity contribution is 8.26. The number of nitrogens with zero attached hydrogens (tertiary/aromatic N) is 1. The normalized spacial score (nSPS) is 11.6. The first-order valence-corrected chi connectivity index (χ1v) is 8.42. The Balaban J connectivity index is 2.83. The van der Waals surface area contributed by atoms with Crippen molar-refractivity contribution in [3.8, 4) is 0 Å².